The fraction of sp³-hybridized carbons (Fsp3) is 0.217. The second kappa shape index (κ2) is 5.38. The summed E-state index contributed by atoms with van der Waals surface area (Å²) in [4.78, 5) is 0. The lowest BCUT2D eigenvalue weighted by atomic mass is 9.30. The zero-order valence-electron chi connectivity index (χ0n) is 15.5. The zero-order valence-corrected chi connectivity index (χ0v) is 17.6. The van der Waals surface area contributed by atoms with E-state index in [1.54, 1.807) is 0 Å². The van der Waals surface area contributed by atoms with Gasteiger partial charge in [0, 0.05) is 8.99 Å². The van der Waals surface area contributed by atoms with Crippen molar-refractivity contribution in [1.29, 1.82) is 0 Å². The average Bonchev–Trinajstić information content (AvgIpc) is 2.58. The zero-order chi connectivity index (χ0) is 18.2. The number of hydrogen-bond donors (Lipinski definition) is 0. The van der Waals surface area contributed by atoms with Gasteiger partial charge < -0.3 is 4.74 Å². The molecule has 0 aliphatic carbocycles. The topological polar surface area (TPSA) is 9.23 Å². The number of ether oxygens (including phenoxy) is 1. The molecule has 0 spiro atoms. The molecule has 3 aromatic carbocycles. The van der Waals surface area contributed by atoms with Crippen LogP contribution in [0.4, 0.5) is 0 Å². The number of rotatable bonds is 0. The summed E-state index contributed by atoms with van der Waals surface area (Å²) in [7, 11) is 0. The third-order valence-electron chi connectivity index (χ3n) is 6.02. The molecule has 0 N–H and O–H groups in total. The fourth-order valence-corrected chi connectivity index (χ4v) is 5.49. The Morgan fingerprint density at radius 1 is 0.885 bits per heavy atom. The van der Waals surface area contributed by atoms with Crippen LogP contribution >= 0.6 is 22.6 Å². The van der Waals surface area contributed by atoms with Crippen LogP contribution in [0, 0.1) is 17.4 Å². The van der Waals surface area contributed by atoms with Crippen molar-refractivity contribution in [3.8, 4) is 11.5 Å². The van der Waals surface area contributed by atoms with Crippen LogP contribution in [0.25, 0.3) is 0 Å². The Morgan fingerprint density at radius 3 is 2.46 bits per heavy atom. The molecule has 2 heterocycles. The highest BCUT2D eigenvalue weighted by molar-refractivity contribution is 14.1. The van der Waals surface area contributed by atoms with Crippen LogP contribution in [-0.2, 0) is 5.41 Å². The lowest BCUT2D eigenvalue weighted by molar-refractivity contribution is 0.484. The molecule has 26 heavy (non-hydrogen) atoms. The van der Waals surface area contributed by atoms with E-state index in [4.69, 9.17) is 4.74 Å². The van der Waals surface area contributed by atoms with Gasteiger partial charge in [-0.1, -0.05) is 55.2 Å². The van der Waals surface area contributed by atoms with Crippen molar-refractivity contribution in [1.82, 2.24) is 0 Å². The van der Waals surface area contributed by atoms with Gasteiger partial charge >= 0.3 is 0 Å². The van der Waals surface area contributed by atoms with Gasteiger partial charge in [0.1, 0.15) is 11.5 Å². The van der Waals surface area contributed by atoms with Gasteiger partial charge in [-0.2, -0.15) is 0 Å². The van der Waals surface area contributed by atoms with E-state index in [1.165, 1.54) is 42.2 Å². The quantitative estimate of drug-likeness (QED) is 0.289. The highest BCUT2D eigenvalue weighted by Gasteiger charge is 2.45. The van der Waals surface area contributed by atoms with Crippen molar-refractivity contribution in [2.24, 2.45) is 0 Å². The molecule has 0 saturated heterocycles. The van der Waals surface area contributed by atoms with Crippen molar-refractivity contribution in [3.05, 3.63) is 74.4 Å². The molecule has 0 bridgehead atoms. The number of benzene rings is 3. The summed E-state index contributed by atoms with van der Waals surface area (Å²) in [5.74, 6) is 2.01. The van der Waals surface area contributed by atoms with E-state index in [1.807, 2.05) is 0 Å². The smallest absolute Gasteiger partial charge is 0.251 e. The van der Waals surface area contributed by atoms with E-state index < -0.39 is 0 Å². The van der Waals surface area contributed by atoms with E-state index >= 15 is 0 Å². The molecule has 0 radical (unpaired) electrons. The average molecular weight is 450 g/mol. The van der Waals surface area contributed by atoms with Gasteiger partial charge in [0.25, 0.3) is 6.71 Å². The Kier molecular flexibility index (Phi) is 3.40. The summed E-state index contributed by atoms with van der Waals surface area (Å²) < 4.78 is 7.66. The van der Waals surface area contributed by atoms with Gasteiger partial charge in [0.15, 0.2) is 0 Å². The number of fused-ring (bicyclic) bond motifs is 4. The summed E-state index contributed by atoms with van der Waals surface area (Å²) >= 11 is 2.43. The predicted molar refractivity (Wildman–Crippen MR) is 118 cm³/mol. The fourth-order valence-electron chi connectivity index (χ4n) is 4.97. The van der Waals surface area contributed by atoms with E-state index in [0.717, 1.165) is 11.5 Å². The third kappa shape index (κ3) is 2.10. The Hall–Kier alpha value is -1.75. The summed E-state index contributed by atoms with van der Waals surface area (Å²) in [6, 6.07) is 17.9. The normalized spacial score (nSPS) is 15.7. The van der Waals surface area contributed by atoms with E-state index in [9.17, 15) is 0 Å². The second-order valence-corrected chi connectivity index (χ2v) is 9.35. The van der Waals surface area contributed by atoms with Crippen LogP contribution in [0.5, 0.6) is 11.5 Å². The summed E-state index contributed by atoms with van der Waals surface area (Å²) in [6.45, 7) is 9.35. The minimum atomic E-state index is -0.0315. The standard InChI is InChI=1S/C23H20BIO/c1-13-5-9-19-18(11-13)24-17-12-15(25)7-8-16(17)23(3,4)21-14(2)6-10-20(26-19)22(21)24/h5-12H,1-4H3. The summed E-state index contributed by atoms with van der Waals surface area (Å²) in [5.41, 5.74) is 9.55. The second-order valence-electron chi connectivity index (χ2n) is 8.10. The van der Waals surface area contributed by atoms with E-state index in [-0.39, 0.29) is 12.1 Å². The van der Waals surface area contributed by atoms with Gasteiger partial charge in [0.2, 0.25) is 0 Å². The summed E-state index contributed by atoms with van der Waals surface area (Å²) in [5, 5.41) is 0. The van der Waals surface area contributed by atoms with Crippen molar-refractivity contribution < 1.29 is 4.74 Å². The van der Waals surface area contributed by atoms with Crippen molar-refractivity contribution in [2.45, 2.75) is 33.1 Å². The molecule has 0 fully saturated rings. The van der Waals surface area contributed by atoms with Gasteiger partial charge in [-0.05, 0) is 82.3 Å². The molecular weight excluding hydrogens is 430 g/mol. The SMILES string of the molecule is Cc1ccc2c(c1)B1c3cc(I)ccc3C(C)(C)c3c(C)ccc(c31)O2. The largest absolute Gasteiger partial charge is 0.458 e. The summed E-state index contributed by atoms with van der Waals surface area (Å²) in [6.07, 6.45) is 0. The highest BCUT2D eigenvalue weighted by atomic mass is 127. The molecule has 128 valence electrons. The first-order valence-corrected chi connectivity index (χ1v) is 10.2. The maximum atomic E-state index is 6.37. The molecule has 3 aromatic rings. The molecule has 1 nitrogen and oxygen atoms in total. The lowest BCUT2D eigenvalue weighted by Crippen LogP contribution is -2.62. The van der Waals surface area contributed by atoms with Crippen LogP contribution in [0.15, 0.2) is 48.5 Å². The number of hydrogen-bond acceptors (Lipinski definition) is 1. The maximum absolute atomic E-state index is 6.37. The molecule has 3 heteroatoms. The van der Waals surface area contributed by atoms with Crippen LogP contribution < -0.4 is 21.1 Å². The molecule has 0 saturated carbocycles. The van der Waals surface area contributed by atoms with Crippen LogP contribution in [0.1, 0.15) is 36.1 Å². The van der Waals surface area contributed by atoms with Crippen LogP contribution in [0.2, 0.25) is 0 Å². The Morgan fingerprint density at radius 2 is 1.65 bits per heavy atom. The number of aryl methyl sites for hydroxylation is 2. The monoisotopic (exact) mass is 450 g/mol. The van der Waals surface area contributed by atoms with Gasteiger partial charge in [-0.15, -0.1) is 0 Å². The first kappa shape index (κ1) is 16.4. The molecule has 0 unspecified atom stereocenters. The molecule has 0 atom stereocenters. The molecule has 5 rings (SSSR count). The van der Waals surface area contributed by atoms with Crippen LogP contribution in [-0.4, -0.2) is 6.71 Å². The van der Waals surface area contributed by atoms with Crippen molar-refractivity contribution in [2.75, 3.05) is 0 Å². The number of halogens is 1. The van der Waals surface area contributed by atoms with Crippen molar-refractivity contribution in [3.63, 3.8) is 0 Å². The predicted octanol–water partition coefficient (Wildman–Crippen LogP) is 4.17. The third-order valence-corrected chi connectivity index (χ3v) is 6.69. The first-order chi connectivity index (χ1) is 12.4. The lowest BCUT2D eigenvalue weighted by Gasteiger charge is -2.42. The molecule has 0 aromatic heterocycles. The minimum absolute atomic E-state index is 0.0315. The van der Waals surface area contributed by atoms with Crippen LogP contribution in [0.3, 0.4) is 0 Å². The van der Waals surface area contributed by atoms with E-state index in [2.05, 4.69) is 98.8 Å². The highest BCUT2D eigenvalue weighted by Crippen LogP contribution is 2.40. The molecular formula is C23H20BIO. The maximum Gasteiger partial charge on any atom is 0.251 e. The van der Waals surface area contributed by atoms with Gasteiger partial charge in [-0.3, -0.25) is 0 Å². The Labute approximate surface area is 169 Å². The van der Waals surface area contributed by atoms with Gasteiger partial charge in [-0.25, -0.2) is 0 Å². The molecule has 2 aliphatic heterocycles. The Balaban J connectivity index is 1.94. The van der Waals surface area contributed by atoms with Gasteiger partial charge in [0.05, 0.1) is 0 Å². The van der Waals surface area contributed by atoms with Crippen molar-refractivity contribution >= 4 is 45.7 Å². The molecule has 0 amide bonds. The minimum Gasteiger partial charge on any atom is -0.458 e. The first-order valence-electron chi connectivity index (χ1n) is 9.10. The van der Waals surface area contributed by atoms with E-state index in [0.29, 0.717) is 0 Å². The molecule has 2 aliphatic rings. The Bertz CT molecular complexity index is 1080.